The minimum atomic E-state index is 0.505. The predicted molar refractivity (Wildman–Crippen MR) is 91.6 cm³/mol. The number of nitrogens with one attached hydrogen (secondary N) is 2. The predicted octanol–water partition coefficient (Wildman–Crippen LogP) is 4.79. The first-order valence-corrected chi connectivity index (χ1v) is 8.62. The molecule has 0 amide bonds. The summed E-state index contributed by atoms with van der Waals surface area (Å²) in [6, 6.07) is 5.64. The molecule has 1 heterocycles. The summed E-state index contributed by atoms with van der Waals surface area (Å²) >= 11 is 3.63. The van der Waals surface area contributed by atoms with Crippen molar-refractivity contribution in [3.63, 3.8) is 0 Å². The Kier molecular flexibility index (Phi) is 5.91. The molecular weight excluding hydrogens is 312 g/mol. The SMILES string of the molecule is Cc1cc(NC(C)CC2CCCCCN2)cc(C)c1Br. The Bertz CT molecular complexity index is 414. The minimum Gasteiger partial charge on any atom is -0.383 e. The Morgan fingerprint density at radius 3 is 2.65 bits per heavy atom. The molecule has 0 bridgehead atoms. The van der Waals surface area contributed by atoms with Gasteiger partial charge in [0.1, 0.15) is 0 Å². The standard InChI is InChI=1S/C17H27BrN2/c1-12-9-16(10-13(2)17(12)18)20-14(3)11-15-7-5-4-6-8-19-15/h9-10,14-15,19-20H,4-8,11H2,1-3H3. The van der Waals surface area contributed by atoms with Gasteiger partial charge in [-0.05, 0) is 69.8 Å². The Balaban J connectivity index is 1.92. The van der Waals surface area contributed by atoms with Crippen molar-refractivity contribution in [3.05, 3.63) is 27.7 Å². The van der Waals surface area contributed by atoms with Gasteiger partial charge in [0.25, 0.3) is 0 Å². The Labute approximate surface area is 131 Å². The lowest BCUT2D eigenvalue weighted by Crippen LogP contribution is -2.33. The van der Waals surface area contributed by atoms with Gasteiger partial charge in [-0.25, -0.2) is 0 Å². The maximum atomic E-state index is 3.68. The lowest BCUT2D eigenvalue weighted by atomic mass is 10.0. The second-order valence-electron chi connectivity index (χ2n) is 6.21. The molecule has 20 heavy (non-hydrogen) atoms. The molecule has 2 nitrogen and oxygen atoms in total. The van der Waals surface area contributed by atoms with Crippen molar-refractivity contribution in [2.45, 2.75) is 65.0 Å². The molecule has 1 aromatic rings. The van der Waals surface area contributed by atoms with E-state index in [-0.39, 0.29) is 0 Å². The maximum Gasteiger partial charge on any atom is 0.0348 e. The molecule has 2 N–H and O–H groups in total. The summed E-state index contributed by atoms with van der Waals surface area (Å²) in [7, 11) is 0. The topological polar surface area (TPSA) is 24.1 Å². The van der Waals surface area contributed by atoms with Crippen LogP contribution in [0, 0.1) is 13.8 Å². The molecule has 1 aliphatic heterocycles. The van der Waals surface area contributed by atoms with E-state index in [9.17, 15) is 0 Å². The van der Waals surface area contributed by atoms with E-state index in [1.165, 1.54) is 59.9 Å². The summed E-state index contributed by atoms with van der Waals surface area (Å²) in [6.07, 6.45) is 6.62. The number of hydrogen-bond acceptors (Lipinski definition) is 2. The third kappa shape index (κ3) is 4.49. The van der Waals surface area contributed by atoms with Crippen LogP contribution in [0.4, 0.5) is 5.69 Å². The summed E-state index contributed by atoms with van der Waals surface area (Å²) in [5, 5.41) is 7.34. The second-order valence-corrected chi connectivity index (χ2v) is 7.00. The van der Waals surface area contributed by atoms with Crippen LogP contribution in [0.25, 0.3) is 0 Å². The van der Waals surface area contributed by atoms with Gasteiger partial charge in [-0.1, -0.05) is 28.8 Å². The first kappa shape index (κ1) is 15.8. The van der Waals surface area contributed by atoms with Gasteiger partial charge in [-0.15, -0.1) is 0 Å². The van der Waals surface area contributed by atoms with Crippen molar-refractivity contribution >= 4 is 21.6 Å². The second kappa shape index (κ2) is 7.46. The van der Waals surface area contributed by atoms with E-state index in [4.69, 9.17) is 0 Å². The molecule has 0 radical (unpaired) electrons. The summed E-state index contributed by atoms with van der Waals surface area (Å²) in [5.74, 6) is 0. The number of halogens is 1. The van der Waals surface area contributed by atoms with Crippen molar-refractivity contribution in [3.8, 4) is 0 Å². The number of rotatable bonds is 4. The summed E-state index contributed by atoms with van der Waals surface area (Å²) in [4.78, 5) is 0. The molecule has 2 rings (SSSR count). The van der Waals surface area contributed by atoms with E-state index in [1.807, 2.05) is 0 Å². The largest absolute Gasteiger partial charge is 0.383 e. The number of aryl methyl sites for hydroxylation is 2. The number of hydrogen-bond donors (Lipinski definition) is 2. The highest BCUT2D eigenvalue weighted by Crippen LogP contribution is 2.26. The van der Waals surface area contributed by atoms with Gasteiger partial charge in [-0.2, -0.15) is 0 Å². The van der Waals surface area contributed by atoms with Crippen LogP contribution in [-0.2, 0) is 0 Å². The third-order valence-electron chi connectivity index (χ3n) is 4.15. The molecule has 2 unspecified atom stereocenters. The Morgan fingerprint density at radius 1 is 1.25 bits per heavy atom. The van der Waals surface area contributed by atoms with Crippen LogP contribution in [0.3, 0.4) is 0 Å². The van der Waals surface area contributed by atoms with Crippen LogP contribution in [0.1, 0.15) is 50.2 Å². The van der Waals surface area contributed by atoms with Crippen LogP contribution in [0.2, 0.25) is 0 Å². The fourth-order valence-corrected chi connectivity index (χ4v) is 3.33. The summed E-state index contributed by atoms with van der Waals surface area (Å²) in [5.41, 5.74) is 3.84. The van der Waals surface area contributed by atoms with Gasteiger partial charge in [-0.3, -0.25) is 0 Å². The zero-order valence-electron chi connectivity index (χ0n) is 12.9. The molecule has 112 valence electrons. The highest BCUT2D eigenvalue weighted by Gasteiger charge is 2.15. The maximum absolute atomic E-state index is 3.68. The lowest BCUT2D eigenvalue weighted by Gasteiger charge is -2.23. The van der Waals surface area contributed by atoms with Gasteiger partial charge >= 0.3 is 0 Å². The average molecular weight is 339 g/mol. The molecule has 0 aliphatic carbocycles. The molecule has 0 aromatic heterocycles. The first-order chi connectivity index (χ1) is 9.56. The molecule has 1 aliphatic rings. The highest BCUT2D eigenvalue weighted by atomic mass is 79.9. The third-order valence-corrected chi connectivity index (χ3v) is 5.40. The minimum absolute atomic E-state index is 0.505. The highest BCUT2D eigenvalue weighted by molar-refractivity contribution is 9.10. The average Bonchev–Trinajstić information content (AvgIpc) is 2.64. The molecule has 2 atom stereocenters. The molecular formula is C17H27BrN2. The fraction of sp³-hybridized carbons (Fsp3) is 0.647. The summed E-state index contributed by atoms with van der Waals surface area (Å²) < 4.78 is 1.22. The fourth-order valence-electron chi connectivity index (χ4n) is 3.10. The Morgan fingerprint density at radius 2 is 1.95 bits per heavy atom. The van der Waals surface area contributed by atoms with E-state index >= 15 is 0 Å². The monoisotopic (exact) mass is 338 g/mol. The smallest absolute Gasteiger partial charge is 0.0348 e. The summed E-state index contributed by atoms with van der Waals surface area (Å²) in [6.45, 7) is 7.78. The van der Waals surface area contributed by atoms with Crippen molar-refractivity contribution in [1.29, 1.82) is 0 Å². The van der Waals surface area contributed by atoms with Gasteiger partial charge in [0.2, 0.25) is 0 Å². The van der Waals surface area contributed by atoms with Crippen molar-refractivity contribution in [2.75, 3.05) is 11.9 Å². The normalized spacial score (nSPS) is 21.3. The zero-order valence-corrected chi connectivity index (χ0v) is 14.5. The first-order valence-electron chi connectivity index (χ1n) is 7.83. The molecule has 1 aromatic carbocycles. The van der Waals surface area contributed by atoms with Crippen LogP contribution in [-0.4, -0.2) is 18.6 Å². The van der Waals surface area contributed by atoms with Crippen LogP contribution in [0.15, 0.2) is 16.6 Å². The van der Waals surface area contributed by atoms with Gasteiger partial charge in [0.05, 0.1) is 0 Å². The van der Waals surface area contributed by atoms with E-state index in [0.717, 1.165) is 0 Å². The molecule has 1 fully saturated rings. The lowest BCUT2D eigenvalue weighted by molar-refractivity contribution is 0.456. The Hall–Kier alpha value is -0.540. The van der Waals surface area contributed by atoms with Gasteiger partial charge < -0.3 is 10.6 Å². The number of benzene rings is 1. The molecule has 1 saturated heterocycles. The van der Waals surface area contributed by atoms with Crippen molar-refractivity contribution in [2.24, 2.45) is 0 Å². The van der Waals surface area contributed by atoms with E-state index in [0.29, 0.717) is 12.1 Å². The zero-order chi connectivity index (χ0) is 14.5. The van der Waals surface area contributed by atoms with Crippen molar-refractivity contribution in [1.82, 2.24) is 5.32 Å². The quantitative estimate of drug-likeness (QED) is 0.824. The van der Waals surface area contributed by atoms with Crippen molar-refractivity contribution < 1.29 is 0 Å². The van der Waals surface area contributed by atoms with E-state index in [2.05, 4.69) is 59.5 Å². The van der Waals surface area contributed by atoms with Crippen LogP contribution < -0.4 is 10.6 Å². The van der Waals surface area contributed by atoms with Crippen LogP contribution in [0.5, 0.6) is 0 Å². The molecule has 3 heteroatoms. The molecule has 0 saturated carbocycles. The van der Waals surface area contributed by atoms with E-state index in [1.54, 1.807) is 0 Å². The van der Waals surface area contributed by atoms with E-state index < -0.39 is 0 Å². The van der Waals surface area contributed by atoms with Crippen LogP contribution >= 0.6 is 15.9 Å². The number of anilines is 1. The molecule has 0 spiro atoms. The van der Waals surface area contributed by atoms with Gasteiger partial charge in [0.15, 0.2) is 0 Å². The van der Waals surface area contributed by atoms with Gasteiger partial charge in [0, 0.05) is 22.2 Å².